The highest BCUT2D eigenvalue weighted by Crippen LogP contribution is 2.28. The standard InChI is InChI=1S/C20H17F/c1-14-3-7-16(8-4-14)18-11-12-19(20(21)13-18)17-9-5-15(2)6-10-17/h3-13H,1-2H3. The molecule has 0 aliphatic rings. The predicted molar refractivity (Wildman–Crippen MR) is 86.7 cm³/mol. The Morgan fingerprint density at radius 2 is 1.05 bits per heavy atom. The molecule has 0 aliphatic heterocycles. The van der Waals surface area contributed by atoms with Crippen molar-refractivity contribution in [1.29, 1.82) is 0 Å². The van der Waals surface area contributed by atoms with Gasteiger partial charge in [0, 0.05) is 5.56 Å². The molecule has 0 nitrogen and oxygen atoms in total. The maximum absolute atomic E-state index is 14.4. The fraction of sp³-hybridized carbons (Fsp3) is 0.100. The molecule has 0 atom stereocenters. The molecule has 1 heteroatoms. The Hall–Kier alpha value is -2.41. The van der Waals surface area contributed by atoms with E-state index in [2.05, 4.69) is 0 Å². The molecular formula is C20H17F. The molecular weight excluding hydrogens is 259 g/mol. The van der Waals surface area contributed by atoms with Crippen molar-refractivity contribution in [3.05, 3.63) is 83.7 Å². The van der Waals surface area contributed by atoms with Crippen molar-refractivity contribution in [2.75, 3.05) is 0 Å². The zero-order valence-electron chi connectivity index (χ0n) is 12.2. The SMILES string of the molecule is Cc1ccc(-c2ccc(-c3ccc(C)cc3)c(F)c2)cc1. The van der Waals surface area contributed by atoms with E-state index in [0.717, 1.165) is 16.7 Å². The van der Waals surface area contributed by atoms with Gasteiger partial charge in [-0.3, -0.25) is 0 Å². The van der Waals surface area contributed by atoms with Crippen LogP contribution in [0.5, 0.6) is 0 Å². The molecule has 0 saturated heterocycles. The third-order valence-electron chi connectivity index (χ3n) is 3.72. The van der Waals surface area contributed by atoms with Crippen LogP contribution in [0.15, 0.2) is 66.7 Å². The van der Waals surface area contributed by atoms with Crippen molar-refractivity contribution in [1.82, 2.24) is 0 Å². The van der Waals surface area contributed by atoms with Crippen LogP contribution in [0.2, 0.25) is 0 Å². The molecule has 0 N–H and O–H groups in total. The first-order valence-electron chi connectivity index (χ1n) is 7.07. The first-order chi connectivity index (χ1) is 10.1. The molecule has 0 amide bonds. The molecule has 0 aromatic heterocycles. The van der Waals surface area contributed by atoms with Gasteiger partial charge in [0.05, 0.1) is 0 Å². The molecule has 0 saturated carbocycles. The number of benzene rings is 3. The number of hydrogen-bond acceptors (Lipinski definition) is 0. The fourth-order valence-electron chi connectivity index (χ4n) is 2.41. The Labute approximate surface area is 124 Å². The maximum Gasteiger partial charge on any atom is 0.131 e. The monoisotopic (exact) mass is 276 g/mol. The minimum Gasteiger partial charge on any atom is -0.206 e. The van der Waals surface area contributed by atoms with E-state index in [4.69, 9.17) is 0 Å². The van der Waals surface area contributed by atoms with Crippen LogP contribution in [-0.4, -0.2) is 0 Å². The lowest BCUT2D eigenvalue weighted by Crippen LogP contribution is -1.87. The number of halogens is 1. The quantitative estimate of drug-likeness (QED) is 0.557. The van der Waals surface area contributed by atoms with Crippen LogP contribution in [-0.2, 0) is 0 Å². The van der Waals surface area contributed by atoms with Crippen molar-refractivity contribution in [2.45, 2.75) is 13.8 Å². The van der Waals surface area contributed by atoms with Gasteiger partial charge in [-0.1, -0.05) is 71.8 Å². The summed E-state index contributed by atoms with van der Waals surface area (Å²) in [4.78, 5) is 0. The van der Waals surface area contributed by atoms with E-state index in [-0.39, 0.29) is 5.82 Å². The van der Waals surface area contributed by atoms with E-state index in [9.17, 15) is 4.39 Å². The molecule has 3 rings (SSSR count). The van der Waals surface area contributed by atoms with Gasteiger partial charge >= 0.3 is 0 Å². The number of aryl methyl sites for hydroxylation is 2. The van der Waals surface area contributed by atoms with Crippen molar-refractivity contribution in [3.8, 4) is 22.3 Å². The molecule has 0 spiro atoms. The predicted octanol–water partition coefficient (Wildman–Crippen LogP) is 5.78. The summed E-state index contributed by atoms with van der Waals surface area (Å²) in [6.07, 6.45) is 0. The zero-order valence-corrected chi connectivity index (χ0v) is 12.2. The maximum atomic E-state index is 14.4. The van der Waals surface area contributed by atoms with Crippen LogP contribution < -0.4 is 0 Å². The van der Waals surface area contributed by atoms with Gasteiger partial charge in [-0.25, -0.2) is 4.39 Å². The summed E-state index contributed by atoms with van der Waals surface area (Å²) in [5.41, 5.74) is 5.88. The summed E-state index contributed by atoms with van der Waals surface area (Å²) >= 11 is 0. The second kappa shape index (κ2) is 5.53. The van der Waals surface area contributed by atoms with E-state index < -0.39 is 0 Å². The highest BCUT2D eigenvalue weighted by Gasteiger charge is 2.07. The lowest BCUT2D eigenvalue weighted by atomic mass is 9.98. The van der Waals surface area contributed by atoms with Gasteiger partial charge < -0.3 is 0 Å². The van der Waals surface area contributed by atoms with Crippen LogP contribution in [0.25, 0.3) is 22.3 Å². The van der Waals surface area contributed by atoms with Gasteiger partial charge in [0.1, 0.15) is 5.82 Å². The minimum absolute atomic E-state index is 0.183. The third kappa shape index (κ3) is 2.87. The van der Waals surface area contributed by atoms with Gasteiger partial charge in [-0.15, -0.1) is 0 Å². The Morgan fingerprint density at radius 3 is 1.57 bits per heavy atom. The van der Waals surface area contributed by atoms with Gasteiger partial charge in [0.25, 0.3) is 0 Å². The average Bonchev–Trinajstić information content (AvgIpc) is 2.49. The first-order valence-corrected chi connectivity index (χ1v) is 7.07. The van der Waals surface area contributed by atoms with Crippen LogP contribution in [0.4, 0.5) is 4.39 Å². The first kappa shape index (κ1) is 13.6. The smallest absolute Gasteiger partial charge is 0.131 e. The Morgan fingerprint density at radius 1 is 0.571 bits per heavy atom. The molecule has 0 aliphatic carbocycles. The van der Waals surface area contributed by atoms with E-state index in [1.54, 1.807) is 6.07 Å². The second-order valence-electron chi connectivity index (χ2n) is 5.43. The Bertz CT molecular complexity index is 753. The molecule has 21 heavy (non-hydrogen) atoms. The molecule has 0 heterocycles. The summed E-state index contributed by atoms with van der Waals surface area (Å²) in [7, 11) is 0. The van der Waals surface area contributed by atoms with Gasteiger partial charge in [0.2, 0.25) is 0 Å². The van der Waals surface area contributed by atoms with Crippen molar-refractivity contribution in [2.24, 2.45) is 0 Å². The molecule has 3 aromatic rings. The van der Waals surface area contributed by atoms with Crippen LogP contribution in [0.3, 0.4) is 0 Å². The molecule has 3 aromatic carbocycles. The lowest BCUT2D eigenvalue weighted by molar-refractivity contribution is 0.632. The fourth-order valence-corrected chi connectivity index (χ4v) is 2.41. The highest BCUT2D eigenvalue weighted by molar-refractivity contribution is 5.71. The Balaban J connectivity index is 1.99. The topological polar surface area (TPSA) is 0 Å². The van der Waals surface area contributed by atoms with Gasteiger partial charge in [-0.2, -0.15) is 0 Å². The molecule has 0 unspecified atom stereocenters. The average molecular weight is 276 g/mol. The van der Waals surface area contributed by atoms with Crippen LogP contribution in [0, 0.1) is 19.7 Å². The van der Waals surface area contributed by atoms with E-state index >= 15 is 0 Å². The Kier molecular flexibility index (Phi) is 3.57. The number of rotatable bonds is 2. The molecule has 0 fully saturated rings. The van der Waals surface area contributed by atoms with Gasteiger partial charge in [-0.05, 0) is 36.6 Å². The third-order valence-corrected chi connectivity index (χ3v) is 3.72. The van der Waals surface area contributed by atoms with Crippen molar-refractivity contribution in [3.63, 3.8) is 0 Å². The van der Waals surface area contributed by atoms with Crippen molar-refractivity contribution < 1.29 is 4.39 Å². The summed E-state index contributed by atoms with van der Waals surface area (Å²) < 4.78 is 14.4. The summed E-state index contributed by atoms with van der Waals surface area (Å²) in [6, 6.07) is 21.5. The number of hydrogen-bond donors (Lipinski definition) is 0. The van der Waals surface area contributed by atoms with Crippen LogP contribution in [0.1, 0.15) is 11.1 Å². The minimum atomic E-state index is -0.183. The van der Waals surface area contributed by atoms with E-state index in [1.807, 2.05) is 74.5 Å². The second-order valence-corrected chi connectivity index (χ2v) is 5.43. The van der Waals surface area contributed by atoms with E-state index in [0.29, 0.717) is 5.56 Å². The lowest BCUT2D eigenvalue weighted by Gasteiger charge is -2.08. The molecule has 0 radical (unpaired) electrons. The van der Waals surface area contributed by atoms with Crippen molar-refractivity contribution >= 4 is 0 Å². The van der Waals surface area contributed by atoms with Gasteiger partial charge in [0.15, 0.2) is 0 Å². The zero-order chi connectivity index (χ0) is 14.8. The molecule has 0 bridgehead atoms. The summed E-state index contributed by atoms with van der Waals surface area (Å²) in [5.74, 6) is -0.183. The normalized spacial score (nSPS) is 10.6. The summed E-state index contributed by atoms with van der Waals surface area (Å²) in [5, 5.41) is 0. The molecule has 104 valence electrons. The largest absolute Gasteiger partial charge is 0.206 e. The summed E-state index contributed by atoms with van der Waals surface area (Å²) in [6.45, 7) is 4.07. The van der Waals surface area contributed by atoms with Crippen LogP contribution >= 0.6 is 0 Å². The highest BCUT2D eigenvalue weighted by atomic mass is 19.1. The van der Waals surface area contributed by atoms with E-state index in [1.165, 1.54) is 11.1 Å².